The Morgan fingerprint density at radius 2 is 2.05 bits per heavy atom. The van der Waals surface area contributed by atoms with E-state index in [1.807, 2.05) is 0 Å². The zero-order chi connectivity index (χ0) is 14.4. The first-order chi connectivity index (χ1) is 9.70. The maximum atomic E-state index is 3.48. The number of benzene rings is 1. The lowest BCUT2D eigenvalue weighted by atomic mass is 10.1. The van der Waals surface area contributed by atoms with Crippen LogP contribution in [0.15, 0.2) is 30.5 Å². The summed E-state index contributed by atoms with van der Waals surface area (Å²) >= 11 is 0. The van der Waals surface area contributed by atoms with Gasteiger partial charge in [-0.3, -0.25) is 0 Å². The van der Waals surface area contributed by atoms with E-state index in [9.17, 15) is 0 Å². The summed E-state index contributed by atoms with van der Waals surface area (Å²) in [4.78, 5) is 0. The number of rotatable bonds is 8. The summed E-state index contributed by atoms with van der Waals surface area (Å²) in [5, 5.41) is 4.83. The van der Waals surface area contributed by atoms with E-state index in [0.717, 1.165) is 25.6 Å². The molecule has 2 nitrogen and oxygen atoms in total. The molecule has 2 aromatic rings. The molecule has 0 saturated carbocycles. The number of aryl methyl sites for hydroxylation is 1. The fraction of sp³-hybridized carbons (Fsp3) is 0.556. The average Bonchev–Trinajstić information content (AvgIpc) is 2.82. The SMILES string of the molecule is CCCNCc1ccc2ccn(CCCC(C)C)c2c1. The van der Waals surface area contributed by atoms with Crippen molar-refractivity contribution in [2.45, 2.75) is 53.1 Å². The summed E-state index contributed by atoms with van der Waals surface area (Å²) in [5.41, 5.74) is 2.76. The first-order valence-corrected chi connectivity index (χ1v) is 7.99. The smallest absolute Gasteiger partial charge is 0.0483 e. The van der Waals surface area contributed by atoms with Crippen LogP contribution in [0.2, 0.25) is 0 Å². The molecule has 0 atom stereocenters. The molecule has 0 aliphatic rings. The second-order valence-corrected chi connectivity index (χ2v) is 6.12. The van der Waals surface area contributed by atoms with Crippen LogP contribution in [-0.2, 0) is 13.1 Å². The van der Waals surface area contributed by atoms with Crippen molar-refractivity contribution in [1.29, 1.82) is 0 Å². The predicted molar refractivity (Wildman–Crippen MR) is 88.0 cm³/mol. The zero-order valence-corrected chi connectivity index (χ0v) is 13.2. The number of nitrogens with zero attached hydrogens (tertiary/aromatic N) is 1. The highest BCUT2D eigenvalue weighted by atomic mass is 14.9. The largest absolute Gasteiger partial charge is 0.347 e. The number of hydrogen-bond donors (Lipinski definition) is 1. The van der Waals surface area contributed by atoms with Crippen molar-refractivity contribution in [2.24, 2.45) is 5.92 Å². The van der Waals surface area contributed by atoms with Crippen LogP contribution in [0.3, 0.4) is 0 Å². The molecule has 20 heavy (non-hydrogen) atoms. The van der Waals surface area contributed by atoms with Gasteiger partial charge in [-0.05, 0) is 54.8 Å². The van der Waals surface area contributed by atoms with Crippen molar-refractivity contribution in [2.75, 3.05) is 6.54 Å². The number of fused-ring (bicyclic) bond motifs is 1. The highest BCUT2D eigenvalue weighted by Gasteiger charge is 2.03. The third kappa shape index (κ3) is 4.11. The Labute approximate surface area is 123 Å². The summed E-state index contributed by atoms with van der Waals surface area (Å²) < 4.78 is 2.40. The van der Waals surface area contributed by atoms with Crippen molar-refractivity contribution < 1.29 is 0 Å². The molecule has 110 valence electrons. The van der Waals surface area contributed by atoms with Crippen LogP contribution in [0.25, 0.3) is 10.9 Å². The lowest BCUT2D eigenvalue weighted by Gasteiger charge is -2.09. The molecule has 1 N–H and O–H groups in total. The monoisotopic (exact) mass is 272 g/mol. The van der Waals surface area contributed by atoms with E-state index in [4.69, 9.17) is 0 Å². The first-order valence-electron chi connectivity index (χ1n) is 7.99. The Morgan fingerprint density at radius 3 is 2.80 bits per heavy atom. The lowest BCUT2D eigenvalue weighted by Crippen LogP contribution is -2.13. The van der Waals surface area contributed by atoms with Crippen LogP contribution in [0.1, 0.15) is 45.6 Å². The van der Waals surface area contributed by atoms with Gasteiger partial charge in [0, 0.05) is 24.8 Å². The number of aromatic nitrogens is 1. The third-order valence-electron chi connectivity index (χ3n) is 3.77. The van der Waals surface area contributed by atoms with Crippen molar-refractivity contribution in [1.82, 2.24) is 9.88 Å². The molecule has 0 amide bonds. The number of nitrogens with one attached hydrogen (secondary N) is 1. The molecule has 0 saturated heterocycles. The summed E-state index contributed by atoms with van der Waals surface area (Å²) in [5.74, 6) is 0.797. The third-order valence-corrected chi connectivity index (χ3v) is 3.77. The Balaban J connectivity index is 2.05. The minimum Gasteiger partial charge on any atom is -0.347 e. The second kappa shape index (κ2) is 7.49. The van der Waals surface area contributed by atoms with Crippen molar-refractivity contribution in [3.05, 3.63) is 36.0 Å². The van der Waals surface area contributed by atoms with Gasteiger partial charge in [0.1, 0.15) is 0 Å². The normalized spacial score (nSPS) is 11.6. The van der Waals surface area contributed by atoms with Gasteiger partial charge in [0.05, 0.1) is 0 Å². The Morgan fingerprint density at radius 1 is 1.20 bits per heavy atom. The van der Waals surface area contributed by atoms with Crippen LogP contribution in [0.4, 0.5) is 0 Å². The molecule has 0 radical (unpaired) electrons. The van der Waals surface area contributed by atoms with E-state index in [1.54, 1.807) is 0 Å². The average molecular weight is 272 g/mol. The summed E-state index contributed by atoms with van der Waals surface area (Å²) in [6.07, 6.45) is 5.99. The van der Waals surface area contributed by atoms with E-state index in [1.165, 1.54) is 35.7 Å². The minimum atomic E-state index is 0.797. The molecule has 1 aromatic carbocycles. The van der Waals surface area contributed by atoms with Gasteiger partial charge in [-0.25, -0.2) is 0 Å². The highest BCUT2D eigenvalue weighted by Crippen LogP contribution is 2.19. The molecule has 2 rings (SSSR count). The van der Waals surface area contributed by atoms with Crippen molar-refractivity contribution >= 4 is 10.9 Å². The van der Waals surface area contributed by atoms with Crippen LogP contribution < -0.4 is 5.32 Å². The van der Waals surface area contributed by atoms with E-state index >= 15 is 0 Å². The van der Waals surface area contributed by atoms with E-state index in [-0.39, 0.29) is 0 Å². The van der Waals surface area contributed by atoms with Crippen LogP contribution in [0, 0.1) is 5.92 Å². The molecular formula is C18H28N2. The molecule has 0 spiro atoms. The molecular weight excluding hydrogens is 244 g/mol. The molecule has 0 aliphatic carbocycles. The number of hydrogen-bond acceptors (Lipinski definition) is 1. The van der Waals surface area contributed by atoms with Gasteiger partial charge in [-0.15, -0.1) is 0 Å². The zero-order valence-electron chi connectivity index (χ0n) is 13.2. The van der Waals surface area contributed by atoms with Crippen LogP contribution in [0.5, 0.6) is 0 Å². The molecule has 1 heterocycles. The quantitative estimate of drug-likeness (QED) is 0.696. The minimum absolute atomic E-state index is 0.797. The topological polar surface area (TPSA) is 17.0 Å². The van der Waals surface area contributed by atoms with Gasteiger partial charge in [0.15, 0.2) is 0 Å². The molecule has 0 unspecified atom stereocenters. The molecule has 0 bridgehead atoms. The standard InChI is InChI=1S/C18H28N2/c1-4-10-19-14-16-7-8-17-9-12-20(18(17)13-16)11-5-6-15(2)3/h7-9,12-13,15,19H,4-6,10-11,14H2,1-3H3. The fourth-order valence-corrected chi connectivity index (χ4v) is 2.61. The maximum absolute atomic E-state index is 3.48. The first kappa shape index (κ1) is 15.1. The van der Waals surface area contributed by atoms with Gasteiger partial charge in [-0.2, -0.15) is 0 Å². The van der Waals surface area contributed by atoms with Gasteiger partial charge < -0.3 is 9.88 Å². The summed E-state index contributed by atoms with van der Waals surface area (Å²) in [7, 11) is 0. The van der Waals surface area contributed by atoms with Gasteiger partial charge >= 0.3 is 0 Å². The van der Waals surface area contributed by atoms with Crippen LogP contribution >= 0.6 is 0 Å². The van der Waals surface area contributed by atoms with Crippen molar-refractivity contribution in [3.63, 3.8) is 0 Å². The molecule has 0 aliphatic heterocycles. The highest BCUT2D eigenvalue weighted by molar-refractivity contribution is 5.80. The Kier molecular flexibility index (Phi) is 5.66. The lowest BCUT2D eigenvalue weighted by molar-refractivity contribution is 0.517. The van der Waals surface area contributed by atoms with Gasteiger partial charge in [-0.1, -0.05) is 32.9 Å². The van der Waals surface area contributed by atoms with E-state index in [0.29, 0.717) is 0 Å². The Hall–Kier alpha value is -1.28. The van der Waals surface area contributed by atoms with E-state index in [2.05, 4.69) is 61.1 Å². The summed E-state index contributed by atoms with van der Waals surface area (Å²) in [6.45, 7) is 9.99. The second-order valence-electron chi connectivity index (χ2n) is 6.12. The van der Waals surface area contributed by atoms with Gasteiger partial charge in [0.2, 0.25) is 0 Å². The Bertz CT molecular complexity index is 525. The fourth-order valence-electron chi connectivity index (χ4n) is 2.61. The van der Waals surface area contributed by atoms with Crippen molar-refractivity contribution in [3.8, 4) is 0 Å². The van der Waals surface area contributed by atoms with Crippen LogP contribution in [-0.4, -0.2) is 11.1 Å². The molecule has 1 aromatic heterocycles. The maximum Gasteiger partial charge on any atom is 0.0483 e. The summed E-state index contributed by atoms with van der Waals surface area (Å²) in [6, 6.07) is 9.06. The molecule has 0 fully saturated rings. The molecule has 2 heteroatoms. The predicted octanol–water partition coefficient (Wildman–Crippen LogP) is 4.58. The van der Waals surface area contributed by atoms with E-state index < -0.39 is 0 Å². The van der Waals surface area contributed by atoms with Gasteiger partial charge in [0.25, 0.3) is 0 Å².